The van der Waals surface area contributed by atoms with Gasteiger partial charge in [-0.25, -0.2) is 22.8 Å². The third kappa shape index (κ3) is 7.10. The molecule has 1 amide bonds. The van der Waals surface area contributed by atoms with Crippen LogP contribution in [0.5, 0.6) is 5.75 Å². The molecule has 0 fully saturated rings. The number of likely N-dealkylation sites (N-methyl/N-ethyl adjacent to an activating group) is 1. The Bertz CT molecular complexity index is 773. The summed E-state index contributed by atoms with van der Waals surface area (Å²) in [5.74, 6) is -9.80. The fourth-order valence-corrected chi connectivity index (χ4v) is 3.57. The Balaban J connectivity index is 3.07. The zero-order chi connectivity index (χ0) is 23.4. The molecule has 0 heterocycles. The van der Waals surface area contributed by atoms with E-state index in [1.807, 2.05) is 0 Å². The van der Waals surface area contributed by atoms with Gasteiger partial charge in [-0.3, -0.25) is 4.90 Å². The molecule has 0 bridgehead atoms. The number of hydrogen-bond acceptors (Lipinski definition) is 4. The highest BCUT2D eigenvalue weighted by atomic mass is 127. The topological polar surface area (TPSA) is 55.8 Å². The molecule has 0 aliphatic rings. The van der Waals surface area contributed by atoms with Crippen LogP contribution in [0, 0.1) is 32.8 Å². The summed E-state index contributed by atoms with van der Waals surface area (Å²) < 4.78 is 64.4. The number of rotatable bonds is 8. The minimum Gasteiger partial charge on any atom is -0.450 e. The molecule has 0 N–H and O–H groups in total. The van der Waals surface area contributed by atoms with Crippen LogP contribution in [0.25, 0.3) is 0 Å². The summed E-state index contributed by atoms with van der Waals surface area (Å²) in [6.45, 7) is 10.0. The highest BCUT2D eigenvalue weighted by Gasteiger charge is 2.34. The molecule has 170 valence electrons. The molecule has 0 saturated carbocycles. The van der Waals surface area contributed by atoms with Gasteiger partial charge < -0.3 is 9.47 Å². The summed E-state index contributed by atoms with van der Waals surface area (Å²) >= 11 is 1.14. The van der Waals surface area contributed by atoms with Crippen LogP contribution in [0.3, 0.4) is 0 Å². The van der Waals surface area contributed by atoms with E-state index in [4.69, 9.17) is 9.47 Å². The van der Waals surface area contributed by atoms with Crippen molar-refractivity contribution in [3.05, 3.63) is 26.8 Å². The van der Waals surface area contributed by atoms with Gasteiger partial charge >= 0.3 is 12.1 Å². The maximum absolute atomic E-state index is 14.2. The first-order valence-corrected chi connectivity index (χ1v) is 14.1. The van der Waals surface area contributed by atoms with Crippen molar-refractivity contribution >= 4 is 42.7 Å². The standard InChI is InChI=1S/C19H26F4INO4Si/c1-10(2)9-11(25(3)19(27)28-7-8-30(4,5)6)18(26)29-17-14(22)12(20)13(21)16(24)15(17)23/h10-11H,7-9H2,1-6H3/t11-/m0/s1. The van der Waals surface area contributed by atoms with E-state index >= 15 is 0 Å². The number of halogens is 5. The van der Waals surface area contributed by atoms with Gasteiger partial charge in [-0.2, -0.15) is 4.39 Å². The first kappa shape index (κ1) is 26.7. The minimum atomic E-state index is -1.96. The van der Waals surface area contributed by atoms with E-state index in [9.17, 15) is 27.2 Å². The van der Waals surface area contributed by atoms with Gasteiger partial charge in [0.05, 0.1) is 10.2 Å². The fourth-order valence-electron chi connectivity index (χ4n) is 2.38. The van der Waals surface area contributed by atoms with Crippen LogP contribution in [0.1, 0.15) is 20.3 Å². The average Bonchev–Trinajstić information content (AvgIpc) is 2.64. The van der Waals surface area contributed by atoms with Crippen molar-refractivity contribution in [3.63, 3.8) is 0 Å². The van der Waals surface area contributed by atoms with Gasteiger partial charge in [-0.05, 0) is 41.0 Å². The van der Waals surface area contributed by atoms with Crippen molar-refractivity contribution in [2.75, 3.05) is 13.7 Å². The van der Waals surface area contributed by atoms with Crippen LogP contribution in [0.2, 0.25) is 25.7 Å². The molecule has 1 aromatic rings. The molecule has 0 aliphatic carbocycles. The lowest BCUT2D eigenvalue weighted by Gasteiger charge is -2.27. The number of hydrogen-bond donors (Lipinski definition) is 0. The number of amides is 1. The molecule has 30 heavy (non-hydrogen) atoms. The van der Waals surface area contributed by atoms with E-state index in [1.165, 1.54) is 7.05 Å². The zero-order valence-corrected chi connectivity index (χ0v) is 20.9. The van der Waals surface area contributed by atoms with Crippen molar-refractivity contribution in [1.29, 1.82) is 0 Å². The Labute approximate surface area is 188 Å². The van der Waals surface area contributed by atoms with Crippen LogP contribution in [-0.4, -0.2) is 44.7 Å². The van der Waals surface area contributed by atoms with Gasteiger partial charge in [-0.15, -0.1) is 0 Å². The molecule has 0 saturated heterocycles. The molecule has 0 spiro atoms. The van der Waals surface area contributed by atoms with Gasteiger partial charge in [0, 0.05) is 15.1 Å². The smallest absolute Gasteiger partial charge is 0.410 e. The Kier molecular flexibility index (Phi) is 9.58. The lowest BCUT2D eigenvalue weighted by Crippen LogP contribution is -2.45. The third-order valence-corrected chi connectivity index (χ3v) is 6.82. The molecule has 1 atom stereocenters. The molecule has 1 aromatic carbocycles. The Hall–Kier alpha value is -1.37. The molecule has 1 rings (SSSR count). The van der Waals surface area contributed by atoms with Crippen LogP contribution >= 0.6 is 22.6 Å². The average molecular weight is 563 g/mol. The fraction of sp³-hybridized carbons (Fsp3) is 0.579. The monoisotopic (exact) mass is 563 g/mol. The minimum absolute atomic E-state index is 0.0976. The second-order valence-corrected chi connectivity index (χ2v) is 15.2. The largest absolute Gasteiger partial charge is 0.450 e. The number of benzene rings is 1. The van der Waals surface area contributed by atoms with Crippen molar-refractivity contribution in [1.82, 2.24) is 4.90 Å². The highest BCUT2D eigenvalue weighted by Crippen LogP contribution is 2.31. The Morgan fingerprint density at radius 2 is 1.60 bits per heavy atom. The summed E-state index contributed by atoms with van der Waals surface area (Å²) in [6.07, 6.45) is -0.695. The van der Waals surface area contributed by atoms with Gasteiger partial charge in [0.25, 0.3) is 0 Å². The van der Waals surface area contributed by atoms with Crippen LogP contribution in [0.4, 0.5) is 22.4 Å². The number of carbonyl (C=O) groups is 2. The van der Waals surface area contributed by atoms with E-state index < -0.39 is 58.8 Å². The second kappa shape index (κ2) is 10.8. The van der Waals surface area contributed by atoms with Crippen molar-refractivity contribution in [2.24, 2.45) is 5.92 Å². The maximum atomic E-state index is 14.2. The van der Waals surface area contributed by atoms with E-state index in [0.717, 1.165) is 33.5 Å². The molecular weight excluding hydrogens is 537 g/mol. The quantitative estimate of drug-likeness (QED) is 0.0790. The molecule has 11 heteroatoms. The summed E-state index contributed by atoms with van der Waals surface area (Å²) in [5, 5.41) is 0. The third-order valence-electron chi connectivity index (χ3n) is 4.17. The molecule has 0 radical (unpaired) electrons. The van der Waals surface area contributed by atoms with E-state index in [2.05, 4.69) is 19.6 Å². The summed E-state index contributed by atoms with van der Waals surface area (Å²) in [4.78, 5) is 25.9. The number of carbonyl (C=O) groups excluding carboxylic acids is 2. The molecular formula is C19H26F4INO4Si. The number of ether oxygens (including phenoxy) is 2. The number of nitrogens with zero attached hydrogens (tertiary/aromatic N) is 1. The van der Waals surface area contributed by atoms with Crippen LogP contribution in [-0.2, 0) is 9.53 Å². The summed E-state index contributed by atoms with van der Waals surface area (Å²) in [6, 6.07) is -0.524. The van der Waals surface area contributed by atoms with Gasteiger partial charge in [0.2, 0.25) is 11.6 Å². The lowest BCUT2D eigenvalue weighted by molar-refractivity contribution is -0.140. The number of esters is 1. The lowest BCUT2D eigenvalue weighted by atomic mass is 10.0. The highest BCUT2D eigenvalue weighted by molar-refractivity contribution is 14.1. The summed E-state index contributed by atoms with van der Waals surface area (Å²) in [5.41, 5.74) is 0. The first-order valence-electron chi connectivity index (χ1n) is 9.30. The predicted octanol–water partition coefficient (Wildman–Crippen LogP) is 5.57. The van der Waals surface area contributed by atoms with Gasteiger partial charge in [0.15, 0.2) is 17.5 Å². The first-order chi connectivity index (χ1) is 13.7. The van der Waals surface area contributed by atoms with Crippen molar-refractivity contribution < 1.29 is 36.6 Å². The Morgan fingerprint density at radius 3 is 2.10 bits per heavy atom. The zero-order valence-electron chi connectivity index (χ0n) is 17.7. The molecule has 0 unspecified atom stereocenters. The second-order valence-electron chi connectivity index (χ2n) is 8.50. The predicted molar refractivity (Wildman–Crippen MR) is 115 cm³/mol. The van der Waals surface area contributed by atoms with Gasteiger partial charge in [-0.1, -0.05) is 33.5 Å². The van der Waals surface area contributed by atoms with Crippen molar-refractivity contribution in [3.8, 4) is 5.75 Å². The van der Waals surface area contributed by atoms with Gasteiger partial charge in [0.1, 0.15) is 6.04 Å². The Morgan fingerprint density at radius 1 is 1.03 bits per heavy atom. The van der Waals surface area contributed by atoms with E-state index in [1.54, 1.807) is 13.8 Å². The van der Waals surface area contributed by atoms with E-state index in [0.29, 0.717) is 0 Å². The SMILES string of the molecule is CC(C)C[C@@H](C(=O)Oc1c(F)c(F)c(F)c(I)c1F)N(C)C(=O)OCC[Si](C)(C)C. The molecule has 5 nitrogen and oxygen atoms in total. The van der Waals surface area contributed by atoms with Crippen molar-refractivity contribution in [2.45, 2.75) is 52.0 Å². The normalized spacial score (nSPS) is 12.7. The maximum Gasteiger partial charge on any atom is 0.410 e. The summed E-state index contributed by atoms with van der Waals surface area (Å²) in [7, 11) is -0.152. The van der Waals surface area contributed by atoms with Crippen LogP contribution < -0.4 is 4.74 Å². The van der Waals surface area contributed by atoms with Crippen LogP contribution in [0.15, 0.2) is 0 Å². The molecule has 0 aliphatic heterocycles. The molecule has 0 aromatic heterocycles. The van der Waals surface area contributed by atoms with E-state index in [-0.39, 0.29) is 18.9 Å².